The maximum atomic E-state index is 13.0. The molecule has 26 heavy (non-hydrogen) atoms. The van der Waals surface area contributed by atoms with E-state index in [4.69, 9.17) is 10.5 Å². The first-order valence-electron chi connectivity index (χ1n) is 7.60. The van der Waals surface area contributed by atoms with Gasteiger partial charge in [0.15, 0.2) is 16.1 Å². The van der Waals surface area contributed by atoms with Crippen LogP contribution < -0.4 is 5.73 Å². The number of anilines is 1. The zero-order chi connectivity index (χ0) is 19.7. The van der Waals surface area contributed by atoms with Crippen molar-refractivity contribution in [3.05, 3.63) is 35.5 Å². The predicted octanol–water partition coefficient (Wildman–Crippen LogP) is 2.29. The highest BCUT2D eigenvalue weighted by Gasteiger charge is 2.33. The van der Waals surface area contributed by atoms with Gasteiger partial charge < -0.3 is 15.6 Å². The summed E-state index contributed by atoms with van der Waals surface area (Å²) in [5.41, 5.74) is 4.71. The molecule has 144 valence electrons. The summed E-state index contributed by atoms with van der Waals surface area (Å²) in [6.07, 6.45) is -4.94. The molecule has 1 heterocycles. The number of aliphatic hydroxyl groups excluding tert-OH is 1. The molecule has 0 bridgehead atoms. The van der Waals surface area contributed by atoms with Gasteiger partial charge in [0.25, 0.3) is 0 Å². The Hall–Kier alpha value is -2.11. The summed E-state index contributed by atoms with van der Waals surface area (Å²) >= 11 is 0. The largest absolute Gasteiger partial charge is 0.416 e. The molecule has 0 aliphatic heterocycles. The minimum Gasteiger partial charge on any atom is -0.383 e. The molecule has 1 aromatic carbocycles. The lowest BCUT2D eigenvalue weighted by atomic mass is 10.2. The zero-order valence-corrected chi connectivity index (χ0v) is 14.8. The number of hydrogen-bond donors (Lipinski definition) is 2. The van der Waals surface area contributed by atoms with Crippen LogP contribution in [0.15, 0.2) is 29.3 Å². The third-order valence-corrected chi connectivity index (χ3v) is 5.41. The van der Waals surface area contributed by atoms with Gasteiger partial charge in [0.05, 0.1) is 33.7 Å². The van der Waals surface area contributed by atoms with Crippen molar-refractivity contribution in [2.75, 3.05) is 18.1 Å². The molecular formula is C15H18F3N3O4S. The molecule has 1 atom stereocenters. The second-order valence-electron chi connectivity index (χ2n) is 5.29. The number of hydrogen-bond acceptors (Lipinski definition) is 6. The lowest BCUT2D eigenvalue weighted by Crippen LogP contribution is -2.15. The maximum Gasteiger partial charge on any atom is 0.416 e. The highest BCUT2D eigenvalue weighted by molar-refractivity contribution is 7.91. The molecule has 0 amide bonds. The number of benzene rings is 1. The smallest absolute Gasteiger partial charge is 0.383 e. The molecule has 11 heteroatoms. The van der Waals surface area contributed by atoms with E-state index in [1.54, 1.807) is 6.92 Å². The third-order valence-electron chi connectivity index (χ3n) is 3.66. The molecule has 0 saturated heterocycles. The van der Waals surface area contributed by atoms with Gasteiger partial charge in [-0.3, -0.25) is 0 Å². The normalized spacial score (nSPS) is 13.8. The summed E-state index contributed by atoms with van der Waals surface area (Å²) in [4.78, 5) is -0.554. The number of sulfone groups is 1. The first-order valence-corrected chi connectivity index (χ1v) is 9.25. The molecular weight excluding hydrogens is 375 g/mol. The Morgan fingerprint density at radius 1 is 1.35 bits per heavy atom. The average Bonchev–Trinajstić information content (AvgIpc) is 2.95. The van der Waals surface area contributed by atoms with Crippen LogP contribution in [-0.4, -0.2) is 35.7 Å². The van der Waals surface area contributed by atoms with Crippen molar-refractivity contribution in [1.29, 1.82) is 0 Å². The zero-order valence-electron chi connectivity index (χ0n) is 14.0. The predicted molar refractivity (Wildman–Crippen MR) is 87.3 cm³/mol. The molecule has 0 spiro atoms. The molecule has 1 aromatic heterocycles. The molecule has 0 aliphatic rings. The lowest BCUT2D eigenvalue weighted by molar-refractivity contribution is -0.137. The summed E-state index contributed by atoms with van der Waals surface area (Å²) in [5, 5.41) is 13.8. The van der Waals surface area contributed by atoms with Gasteiger partial charge in [-0.1, -0.05) is 6.92 Å². The van der Waals surface area contributed by atoms with Gasteiger partial charge in [0, 0.05) is 6.61 Å². The number of halogens is 3. The van der Waals surface area contributed by atoms with Crippen LogP contribution in [0.5, 0.6) is 0 Å². The number of nitrogens with zero attached hydrogens (tertiary/aromatic N) is 2. The van der Waals surface area contributed by atoms with Crippen molar-refractivity contribution in [2.24, 2.45) is 0 Å². The minimum atomic E-state index is -4.71. The number of rotatable bonds is 6. The van der Waals surface area contributed by atoms with Crippen molar-refractivity contribution < 1.29 is 31.4 Å². The van der Waals surface area contributed by atoms with E-state index >= 15 is 0 Å². The number of nitrogen functional groups attached to an aromatic ring is 1. The van der Waals surface area contributed by atoms with Crippen molar-refractivity contribution >= 4 is 15.7 Å². The highest BCUT2D eigenvalue weighted by Crippen LogP contribution is 2.34. The molecule has 0 fully saturated rings. The van der Waals surface area contributed by atoms with Gasteiger partial charge >= 0.3 is 6.18 Å². The fourth-order valence-corrected chi connectivity index (χ4v) is 3.36. The van der Waals surface area contributed by atoms with Gasteiger partial charge in [-0.15, -0.1) is 0 Å². The summed E-state index contributed by atoms with van der Waals surface area (Å²) in [6, 6.07) is 2.27. The molecule has 0 saturated carbocycles. The maximum absolute atomic E-state index is 13.0. The van der Waals surface area contributed by atoms with E-state index in [9.17, 15) is 26.7 Å². The number of nitrogens with two attached hydrogens (primary N) is 1. The van der Waals surface area contributed by atoms with E-state index < -0.39 is 38.5 Å². The van der Waals surface area contributed by atoms with Gasteiger partial charge in [-0.25, -0.2) is 13.1 Å². The van der Waals surface area contributed by atoms with E-state index in [0.717, 1.165) is 23.0 Å². The van der Waals surface area contributed by atoms with Gasteiger partial charge in [0.2, 0.25) is 0 Å². The SMILES string of the molecule is CCOC(O)c1cnn(-c2ccc(C(F)(F)F)cc2S(=O)(=O)CC)c1N. The van der Waals surface area contributed by atoms with Crippen molar-refractivity contribution in [2.45, 2.75) is 31.2 Å². The minimum absolute atomic E-state index is 0.0756. The number of aliphatic hydroxyl groups is 1. The molecule has 0 aliphatic carbocycles. The van der Waals surface area contributed by atoms with Gasteiger partial charge in [-0.05, 0) is 25.1 Å². The molecule has 0 radical (unpaired) electrons. The number of alkyl halides is 3. The molecule has 7 nitrogen and oxygen atoms in total. The van der Waals surface area contributed by atoms with Crippen LogP contribution in [0.3, 0.4) is 0 Å². The quantitative estimate of drug-likeness (QED) is 0.729. The number of ether oxygens (including phenoxy) is 1. The topological polar surface area (TPSA) is 107 Å². The fraction of sp³-hybridized carbons (Fsp3) is 0.400. The van der Waals surface area contributed by atoms with Crippen LogP contribution in [0.25, 0.3) is 5.69 Å². The van der Waals surface area contributed by atoms with Crippen molar-refractivity contribution in [3.63, 3.8) is 0 Å². The summed E-state index contributed by atoms with van der Waals surface area (Å²) in [7, 11) is -4.01. The van der Waals surface area contributed by atoms with Crippen molar-refractivity contribution in [3.8, 4) is 5.69 Å². The summed E-state index contributed by atoms with van der Waals surface area (Å²) in [5.74, 6) is -0.546. The lowest BCUT2D eigenvalue weighted by Gasteiger charge is -2.15. The van der Waals surface area contributed by atoms with E-state index in [-0.39, 0.29) is 23.7 Å². The van der Waals surface area contributed by atoms with Gasteiger partial charge in [0.1, 0.15) is 5.82 Å². The molecule has 3 N–H and O–H groups in total. The second-order valence-corrected chi connectivity index (χ2v) is 7.54. The van der Waals surface area contributed by atoms with Crippen LogP contribution in [0.1, 0.15) is 31.3 Å². The first-order chi connectivity index (χ1) is 12.0. The first kappa shape index (κ1) is 20.2. The Balaban J connectivity index is 2.67. The highest BCUT2D eigenvalue weighted by atomic mass is 32.2. The van der Waals surface area contributed by atoms with Crippen molar-refractivity contribution in [1.82, 2.24) is 9.78 Å². The second kappa shape index (κ2) is 7.25. The van der Waals surface area contributed by atoms with Crippen LogP contribution in [0, 0.1) is 0 Å². The van der Waals surface area contributed by atoms with Crippen LogP contribution in [0.4, 0.5) is 19.0 Å². The average molecular weight is 393 g/mol. The van der Waals surface area contributed by atoms with Crippen LogP contribution >= 0.6 is 0 Å². The standard InChI is InChI=1S/C15H18F3N3O4S/c1-3-25-14(22)10-8-20-21(13(10)19)11-6-5-9(15(16,17)18)7-12(11)26(23,24)4-2/h5-8,14,22H,3-4,19H2,1-2H3. The number of aromatic nitrogens is 2. The Morgan fingerprint density at radius 2 is 2.00 bits per heavy atom. The Labute approximate surface area is 148 Å². The van der Waals surface area contributed by atoms with Crippen LogP contribution in [0.2, 0.25) is 0 Å². The third kappa shape index (κ3) is 3.84. The van der Waals surface area contributed by atoms with E-state index in [0.29, 0.717) is 6.07 Å². The molecule has 2 rings (SSSR count). The Kier molecular flexibility index (Phi) is 5.64. The Morgan fingerprint density at radius 3 is 2.54 bits per heavy atom. The van der Waals surface area contributed by atoms with Gasteiger partial charge in [-0.2, -0.15) is 18.3 Å². The van der Waals surface area contributed by atoms with E-state index in [1.807, 2.05) is 0 Å². The van der Waals surface area contributed by atoms with E-state index in [1.165, 1.54) is 6.92 Å². The molecule has 2 aromatic rings. The summed E-state index contributed by atoms with van der Waals surface area (Å²) < 4.78 is 69.5. The Bertz CT molecular complexity index is 894. The monoisotopic (exact) mass is 393 g/mol. The molecule has 1 unspecified atom stereocenters. The summed E-state index contributed by atoms with van der Waals surface area (Å²) in [6.45, 7) is 3.14. The fourth-order valence-electron chi connectivity index (χ4n) is 2.27. The van der Waals surface area contributed by atoms with Crippen LogP contribution in [-0.2, 0) is 20.8 Å². The van der Waals surface area contributed by atoms with E-state index in [2.05, 4.69) is 5.10 Å².